The first-order valence-corrected chi connectivity index (χ1v) is 10.7. The standard InChI is InChI=1S/C23H24N2O3.C3H7NO/c1-15(2)13-24-20(26)14-28-23(27)21-16(3)22(17-9-5-4-6-10-17)25-19-12-8-7-11-18(19)21;1-4(2)3-5/h4-12,15H,13-14H2,1-3H3,(H,24,26);3H,1-2H3. The Labute approximate surface area is 194 Å². The van der Waals surface area contributed by atoms with Crippen molar-refractivity contribution in [2.24, 2.45) is 5.92 Å². The van der Waals surface area contributed by atoms with Gasteiger partial charge in [-0.05, 0) is 24.5 Å². The summed E-state index contributed by atoms with van der Waals surface area (Å²) in [6.45, 7) is 6.11. The first-order valence-electron chi connectivity index (χ1n) is 10.7. The van der Waals surface area contributed by atoms with Crippen molar-refractivity contribution in [2.75, 3.05) is 27.2 Å². The minimum absolute atomic E-state index is 0.303. The number of pyridine rings is 1. The molecule has 0 aliphatic heterocycles. The number of nitrogens with zero attached hydrogens (tertiary/aromatic N) is 2. The zero-order valence-corrected chi connectivity index (χ0v) is 19.8. The molecule has 0 bridgehead atoms. The summed E-state index contributed by atoms with van der Waals surface area (Å²) in [5.41, 5.74) is 3.55. The number of carbonyl (C=O) groups excluding carboxylic acids is 3. The van der Waals surface area contributed by atoms with E-state index in [-0.39, 0.29) is 12.5 Å². The number of para-hydroxylation sites is 1. The number of esters is 1. The van der Waals surface area contributed by atoms with E-state index in [1.807, 2.05) is 75.4 Å². The third kappa shape index (κ3) is 7.42. The van der Waals surface area contributed by atoms with Crippen molar-refractivity contribution in [3.05, 3.63) is 65.7 Å². The van der Waals surface area contributed by atoms with Crippen LogP contribution in [0.25, 0.3) is 22.2 Å². The Morgan fingerprint density at radius 2 is 1.67 bits per heavy atom. The monoisotopic (exact) mass is 449 g/mol. The van der Waals surface area contributed by atoms with Crippen molar-refractivity contribution in [3.63, 3.8) is 0 Å². The average molecular weight is 450 g/mol. The van der Waals surface area contributed by atoms with E-state index < -0.39 is 5.97 Å². The lowest BCUT2D eigenvalue weighted by molar-refractivity contribution is -0.124. The van der Waals surface area contributed by atoms with Crippen LogP contribution >= 0.6 is 0 Å². The SMILES string of the molecule is CN(C)C=O.Cc1c(-c2ccccc2)nc2ccccc2c1C(=O)OCC(=O)NCC(C)C. The number of benzene rings is 2. The number of aromatic nitrogens is 1. The van der Waals surface area contributed by atoms with E-state index in [4.69, 9.17) is 9.72 Å². The molecule has 0 radical (unpaired) electrons. The molecule has 0 unspecified atom stereocenters. The van der Waals surface area contributed by atoms with Crippen molar-refractivity contribution in [1.29, 1.82) is 0 Å². The zero-order chi connectivity index (χ0) is 24.4. The molecule has 2 aromatic carbocycles. The number of hydrogen-bond donors (Lipinski definition) is 1. The van der Waals surface area contributed by atoms with Crippen molar-refractivity contribution in [3.8, 4) is 11.3 Å². The molecular weight excluding hydrogens is 418 g/mol. The molecule has 0 fully saturated rings. The Morgan fingerprint density at radius 3 is 2.27 bits per heavy atom. The normalized spacial score (nSPS) is 10.2. The largest absolute Gasteiger partial charge is 0.452 e. The first kappa shape index (κ1) is 25.5. The maximum absolute atomic E-state index is 12.9. The lowest BCUT2D eigenvalue weighted by Crippen LogP contribution is -2.31. The number of rotatable bonds is 7. The Morgan fingerprint density at radius 1 is 1.06 bits per heavy atom. The summed E-state index contributed by atoms with van der Waals surface area (Å²) in [5, 5.41) is 3.46. The maximum Gasteiger partial charge on any atom is 0.339 e. The Kier molecular flexibility index (Phi) is 9.54. The summed E-state index contributed by atoms with van der Waals surface area (Å²) in [6, 6.07) is 17.2. The highest BCUT2D eigenvalue weighted by atomic mass is 16.5. The highest BCUT2D eigenvalue weighted by Gasteiger charge is 2.20. The van der Waals surface area contributed by atoms with Crippen LogP contribution in [0.4, 0.5) is 0 Å². The lowest BCUT2D eigenvalue weighted by atomic mass is 9.98. The van der Waals surface area contributed by atoms with Gasteiger partial charge in [0.15, 0.2) is 6.61 Å². The van der Waals surface area contributed by atoms with Gasteiger partial charge in [-0.15, -0.1) is 0 Å². The van der Waals surface area contributed by atoms with Crippen LogP contribution in [0, 0.1) is 12.8 Å². The van der Waals surface area contributed by atoms with Gasteiger partial charge in [0.05, 0.1) is 16.8 Å². The molecule has 0 atom stereocenters. The third-order valence-corrected chi connectivity index (χ3v) is 4.64. The van der Waals surface area contributed by atoms with Crippen molar-refractivity contribution >= 4 is 29.2 Å². The summed E-state index contributed by atoms with van der Waals surface area (Å²) in [5.74, 6) is -0.492. The van der Waals surface area contributed by atoms with E-state index in [0.717, 1.165) is 23.2 Å². The van der Waals surface area contributed by atoms with E-state index in [1.165, 1.54) is 4.90 Å². The van der Waals surface area contributed by atoms with E-state index in [1.54, 1.807) is 14.1 Å². The second-order valence-electron chi connectivity index (χ2n) is 8.19. The van der Waals surface area contributed by atoms with Gasteiger partial charge in [-0.1, -0.05) is 62.4 Å². The summed E-state index contributed by atoms with van der Waals surface area (Å²) >= 11 is 0. The number of hydrogen-bond acceptors (Lipinski definition) is 5. The van der Waals surface area contributed by atoms with Gasteiger partial charge in [0, 0.05) is 31.6 Å². The van der Waals surface area contributed by atoms with Crippen molar-refractivity contribution in [1.82, 2.24) is 15.2 Å². The fraction of sp³-hybridized carbons (Fsp3) is 0.308. The molecule has 33 heavy (non-hydrogen) atoms. The summed E-state index contributed by atoms with van der Waals surface area (Å²) < 4.78 is 5.32. The van der Waals surface area contributed by atoms with Crippen LogP contribution in [-0.2, 0) is 14.3 Å². The maximum atomic E-state index is 12.9. The molecule has 3 aromatic rings. The minimum Gasteiger partial charge on any atom is -0.452 e. The van der Waals surface area contributed by atoms with Gasteiger partial charge < -0.3 is 15.0 Å². The summed E-state index contributed by atoms with van der Waals surface area (Å²) in [7, 11) is 3.38. The van der Waals surface area contributed by atoms with E-state index in [2.05, 4.69) is 5.32 Å². The molecule has 2 amide bonds. The molecular formula is C26H31N3O4. The number of ether oxygens (including phenoxy) is 1. The fourth-order valence-electron chi connectivity index (χ4n) is 3.02. The number of nitrogens with one attached hydrogen (secondary N) is 1. The Bertz CT molecular complexity index is 1100. The molecule has 1 heterocycles. The van der Waals surface area contributed by atoms with Gasteiger partial charge in [-0.3, -0.25) is 9.59 Å². The van der Waals surface area contributed by atoms with Crippen LogP contribution in [0.15, 0.2) is 54.6 Å². The van der Waals surface area contributed by atoms with Gasteiger partial charge in [0.1, 0.15) is 0 Å². The van der Waals surface area contributed by atoms with Crippen LogP contribution in [0.1, 0.15) is 29.8 Å². The molecule has 174 valence electrons. The third-order valence-electron chi connectivity index (χ3n) is 4.64. The molecule has 1 N–H and O–H groups in total. The van der Waals surface area contributed by atoms with Gasteiger partial charge in [-0.2, -0.15) is 0 Å². The number of amides is 2. The van der Waals surface area contributed by atoms with Crippen LogP contribution in [-0.4, -0.2) is 55.4 Å². The molecule has 0 saturated carbocycles. The van der Waals surface area contributed by atoms with Gasteiger partial charge in [0.25, 0.3) is 5.91 Å². The van der Waals surface area contributed by atoms with E-state index >= 15 is 0 Å². The smallest absolute Gasteiger partial charge is 0.339 e. The lowest BCUT2D eigenvalue weighted by Gasteiger charge is -2.14. The molecule has 0 aliphatic carbocycles. The number of fused-ring (bicyclic) bond motifs is 1. The fourth-order valence-corrected chi connectivity index (χ4v) is 3.02. The number of carbonyl (C=O) groups is 3. The molecule has 7 heteroatoms. The van der Waals surface area contributed by atoms with Gasteiger partial charge in [0.2, 0.25) is 6.41 Å². The van der Waals surface area contributed by atoms with E-state index in [9.17, 15) is 14.4 Å². The van der Waals surface area contributed by atoms with Crippen LogP contribution in [0.3, 0.4) is 0 Å². The zero-order valence-electron chi connectivity index (χ0n) is 19.8. The molecule has 7 nitrogen and oxygen atoms in total. The Hall–Kier alpha value is -3.74. The second-order valence-corrected chi connectivity index (χ2v) is 8.19. The van der Waals surface area contributed by atoms with Crippen LogP contribution in [0.2, 0.25) is 0 Å². The van der Waals surface area contributed by atoms with Gasteiger partial charge >= 0.3 is 5.97 Å². The minimum atomic E-state index is -0.520. The second kappa shape index (κ2) is 12.3. The van der Waals surface area contributed by atoms with Gasteiger partial charge in [-0.25, -0.2) is 9.78 Å². The van der Waals surface area contributed by atoms with Crippen LogP contribution in [0.5, 0.6) is 0 Å². The highest BCUT2D eigenvalue weighted by Crippen LogP contribution is 2.30. The quantitative estimate of drug-likeness (QED) is 0.437. The first-order chi connectivity index (χ1) is 15.7. The average Bonchev–Trinajstić information content (AvgIpc) is 2.81. The predicted molar refractivity (Wildman–Crippen MR) is 130 cm³/mol. The van der Waals surface area contributed by atoms with Crippen molar-refractivity contribution < 1.29 is 19.1 Å². The molecule has 0 spiro atoms. The van der Waals surface area contributed by atoms with Crippen LogP contribution < -0.4 is 5.32 Å². The molecule has 1 aromatic heterocycles. The highest BCUT2D eigenvalue weighted by molar-refractivity contribution is 6.06. The summed E-state index contributed by atoms with van der Waals surface area (Å²) in [4.78, 5) is 40.4. The topological polar surface area (TPSA) is 88.6 Å². The van der Waals surface area contributed by atoms with E-state index in [0.29, 0.717) is 28.9 Å². The predicted octanol–water partition coefficient (Wildman–Crippen LogP) is 3.84. The molecule has 0 aliphatic rings. The van der Waals surface area contributed by atoms with Crippen molar-refractivity contribution in [2.45, 2.75) is 20.8 Å². The molecule has 3 rings (SSSR count). The Balaban J connectivity index is 0.000000696. The summed E-state index contributed by atoms with van der Waals surface area (Å²) in [6.07, 6.45) is 0.750. The molecule has 0 saturated heterocycles.